The van der Waals surface area contributed by atoms with Gasteiger partial charge in [-0.3, -0.25) is 14.4 Å². The Bertz CT molecular complexity index is 843. The van der Waals surface area contributed by atoms with Crippen LogP contribution in [-0.4, -0.2) is 24.4 Å². The lowest BCUT2D eigenvalue weighted by atomic mass is 10.2. The van der Waals surface area contributed by atoms with Crippen LogP contribution in [-0.2, 0) is 19.1 Å². The van der Waals surface area contributed by atoms with Crippen LogP contribution in [0.3, 0.4) is 0 Å². The number of halogens is 2. The summed E-state index contributed by atoms with van der Waals surface area (Å²) in [6, 6.07) is 12.3. The number of anilines is 2. The van der Waals surface area contributed by atoms with Crippen molar-refractivity contribution in [2.45, 2.75) is 19.8 Å². The molecule has 0 aliphatic rings. The molecule has 0 saturated carbocycles. The van der Waals surface area contributed by atoms with Crippen molar-refractivity contribution in [1.82, 2.24) is 0 Å². The fraction of sp³-hybridized carbons (Fsp3) is 0.211. The highest BCUT2D eigenvalue weighted by Crippen LogP contribution is 2.30. The molecule has 0 unspecified atom stereocenters. The lowest BCUT2D eigenvalue weighted by molar-refractivity contribution is -0.147. The number of benzene rings is 2. The quantitative estimate of drug-likeness (QED) is 0.612. The maximum Gasteiger partial charge on any atom is 0.306 e. The van der Waals surface area contributed by atoms with Gasteiger partial charge in [-0.25, -0.2) is 0 Å². The molecule has 2 N–H and O–H groups in total. The molecule has 27 heavy (non-hydrogen) atoms. The van der Waals surface area contributed by atoms with Crippen LogP contribution in [0.1, 0.15) is 18.4 Å². The van der Waals surface area contributed by atoms with Gasteiger partial charge in [0.05, 0.1) is 11.4 Å². The zero-order chi connectivity index (χ0) is 19.8. The minimum atomic E-state index is -0.626. The first-order valence-corrected chi connectivity index (χ1v) is 9.29. The van der Waals surface area contributed by atoms with E-state index in [9.17, 15) is 14.4 Å². The summed E-state index contributed by atoms with van der Waals surface area (Å²) in [5, 5.41) is 5.79. The third-order valence-electron chi connectivity index (χ3n) is 3.59. The average molecular weight is 454 g/mol. The maximum absolute atomic E-state index is 11.9. The van der Waals surface area contributed by atoms with E-state index in [0.29, 0.717) is 22.0 Å². The highest BCUT2D eigenvalue weighted by atomic mass is 79.9. The van der Waals surface area contributed by atoms with Crippen molar-refractivity contribution in [2.75, 3.05) is 17.2 Å². The van der Waals surface area contributed by atoms with Gasteiger partial charge in [0.2, 0.25) is 5.91 Å². The Morgan fingerprint density at radius 2 is 1.70 bits per heavy atom. The van der Waals surface area contributed by atoms with Crippen LogP contribution in [0, 0.1) is 6.92 Å². The van der Waals surface area contributed by atoms with E-state index in [2.05, 4.69) is 26.6 Å². The molecule has 142 valence electrons. The summed E-state index contributed by atoms with van der Waals surface area (Å²) in [6.07, 6.45) is -0.147. The SMILES string of the molecule is Cc1c(NC(=O)COC(=O)CCC(=O)Nc2ccccc2)ccc(Br)c1Cl. The van der Waals surface area contributed by atoms with Gasteiger partial charge >= 0.3 is 5.97 Å². The summed E-state index contributed by atoms with van der Waals surface area (Å²) in [4.78, 5) is 35.4. The van der Waals surface area contributed by atoms with Crippen molar-refractivity contribution < 1.29 is 19.1 Å². The number of para-hydroxylation sites is 1. The van der Waals surface area contributed by atoms with Crippen molar-refractivity contribution >= 4 is 56.7 Å². The molecule has 0 aliphatic heterocycles. The van der Waals surface area contributed by atoms with Crippen molar-refractivity contribution in [1.29, 1.82) is 0 Å². The number of rotatable bonds is 7. The molecular formula is C19H18BrClN2O4. The lowest BCUT2D eigenvalue weighted by Crippen LogP contribution is -2.22. The third kappa shape index (κ3) is 6.69. The van der Waals surface area contributed by atoms with Gasteiger partial charge in [0.1, 0.15) is 0 Å². The summed E-state index contributed by atoms with van der Waals surface area (Å²) < 4.78 is 5.62. The molecule has 2 rings (SSSR count). The van der Waals surface area contributed by atoms with Crippen LogP contribution in [0.2, 0.25) is 5.02 Å². The van der Waals surface area contributed by atoms with E-state index in [1.807, 2.05) is 6.07 Å². The molecule has 6 nitrogen and oxygen atoms in total. The first kappa shape index (κ1) is 20.9. The van der Waals surface area contributed by atoms with Gasteiger partial charge in [0.15, 0.2) is 6.61 Å². The van der Waals surface area contributed by atoms with Gasteiger partial charge in [0.25, 0.3) is 5.91 Å². The molecule has 0 heterocycles. The fourth-order valence-electron chi connectivity index (χ4n) is 2.15. The first-order chi connectivity index (χ1) is 12.9. The molecule has 0 aliphatic carbocycles. The Balaban J connectivity index is 1.73. The molecule has 0 spiro atoms. The van der Waals surface area contributed by atoms with Crippen LogP contribution in [0.5, 0.6) is 0 Å². The topological polar surface area (TPSA) is 84.5 Å². The van der Waals surface area contributed by atoms with Gasteiger partial charge in [0, 0.05) is 22.3 Å². The van der Waals surface area contributed by atoms with E-state index in [1.54, 1.807) is 43.3 Å². The van der Waals surface area contributed by atoms with E-state index in [4.69, 9.17) is 16.3 Å². The van der Waals surface area contributed by atoms with Crippen LogP contribution < -0.4 is 10.6 Å². The molecule has 0 saturated heterocycles. The summed E-state index contributed by atoms with van der Waals surface area (Å²) in [6.45, 7) is 1.33. The van der Waals surface area contributed by atoms with Gasteiger partial charge < -0.3 is 15.4 Å². The molecule has 8 heteroatoms. The number of carbonyl (C=O) groups excluding carboxylic acids is 3. The Morgan fingerprint density at radius 3 is 2.41 bits per heavy atom. The molecule has 2 aromatic carbocycles. The minimum absolute atomic E-state index is 0.0310. The Kier molecular flexibility index (Phi) is 7.82. The number of hydrogen-bond donors (Lipinski definition) is 2. The second-order valence-electron chi connectivity index (χ2n) is 5.66. The summed E-state index contributed by atoms with van der Waals surface area (Å²) in [5.74, 6) is -1.42. The Morgan fingerprint density at radius 1 is 1.00 bits per heavy atom. The number of esters is 1. The lowest BCUT2D eigenvalue weighted by Gasteiger charge is -2.11. The summed E-state index contributed by atoms with van der Waals surface area (Å²) in [5.41, 5.74) is 1.88. The largest absolute Gasteiger partial charge is 0.456 e. The van der Waals surface area contributed by atoms with Crippen molar-refractivity contribution in [3.05, 3.63) is 57.5 Å². The number of amides is 2. The van der Waals surface area contributed by atoms with Gasteiger partial charge in [-0.05, 0) is 52.7 Å². The third-order valence-corrected chi connectivity index (χ3v) is 4.97. The van der Waals surface area contributed by atoms with Crippen LogP contribution in [0.4, 0.5) is 11.4 Å². The van der Waals surface area contributed by atoms with E-state index in [0.717, 1.165) is 4.47 Å². The minimum Gasteiger partial charge on any atom is -0.456 e. The summed E-state index contributed by atoms with van der Waals surface area (Å²) in [7, 11) is 0. The van der Waals surface area contributed by atoms with E-state index >= 15 is 0 Å². The smallest absolute Gasteiger partial charge is 0.306 e. The highest BCUT2D eigenvalue weighted by Gasteiger charge is 2.13. The normalized spacial score (nSPS) is 10.2. The van der Waals surface area contributed by atoms with Crippen molar-refractivity contribution in [3.63, 3.8) is 0 Å². The predicted octanol–water partition coefficient (Wildman–Crippen LogP) is 4.31. The second kappa shape index (κ2) is 10.1. The van der Waals surface area contributed by atoms with Crippen molar-refractivity contribution in [2.24, 2.45) is 0 Å². The van der Waals surface area contributed by atoms with Crippen LogP contribution >= 0.6 is 27.5 Å². The molecule has 0 bridgehead atoms. The van der Waals surface area contributed by atoms with E-state index < -0.39 is 18.5 Å². The standard InChI is InChI=1S/C19H18BrClN2O4/c1-12-15(8-7-14(20)19(12)21)23-17(25)11-27-18(26)10-9-16(24)22-13-5-3-2-4-6-13/h2-8H,9-11H2,1H3,(H,22,24)(H,23,25). The van der Waals surface area contributed by atoms with Gasteiger partial charge in [-0.1, -0.05) is 29.8 Å². The Labute approximate surface area is 170 Å². The molecule has 0 aromatic heterocycles. The maximum atomic E-state index is 11.9. The Hall–Kier alpha value is -2.38. The zero-order valence-electron chi connectivity index (χ0n) is 14.6. The molecule has 2 amide bonds. The number of ether oxygens (including phenoxy) is 1. The number of hydrogen-bond acceptors (Lipinski definition) is 4. The average Bonchev–Trinajstić information content (AvgIpc) is 2.66. The summed E-state index contributed by atoms with van der Waals surface area (Å²) >= 11 is 9.40. The van der Waals surface area contributed by atoms with Gasteiger partial charge in [-0.15, -0.1) is 0 Å². The van der Waals surface area contributed by atoms with E-state index in [1.165, 1.54) is 0 Å². The second-order valence-corrected chi connectivity index (χ2v) is 6.89. The molecule has 2 aromatic rings. The number of nitrogens with one attached hydrogen (secondary N) is 2. The fourth-order valence-corrected chi connectivity index (χ4v) is 2.75. The van der Waals surface area contributed by atoms with Gasteiger partial charge in [-0.2, -0.15) is 0 Å². The molecule has 0 fully saturated rings. The first-order valence-electron chi connectivity index (χ1n) is 8.12. The molecular weight excluding hydrogens is 436 g/mol. The molecule has 0 atom stereocenters. The van der Waals surface area contributed by atoms with Crippen LogP contribution in [0.15, 0.2) is 46.9 Å². The predicted molar refractivity (Wildman–Crippen MR) is 108 cm³/mol. The van der Waals surface area contributed by atoms with Crippen molar-refractivity contribution in [3.8, 4) is 0 Å². The van der Waals surface area contributed by atoms with E-state index in [-0.39, 0.29) is 18.7 Å². The van der Waals surface area contributed by atoms with Crippen LogP contribution in [0.25, 0.3) is 0 Å². The highest BCUT2D eigenvalue weighted by molar-refractivity contribution is 9.10. The molecule has 0 radical (unpaired) electrons. The monoisotopic (exact) mass is 452 g/mol. The zero-order valence-corrected chi connectivity index (χ0v) is 16.9. The number of carbonyl (C=O) groups is 3.